The Morgan fingerprint density at radius 1 is 1.25 bits per heavy atom. The first-order valence-corrected chi connectivity index (χ1v) is 6.16. The molecule has 7 heteroatoms. The number of carboxylic acids is 1. The summed E-state index contributed by atoms with van der Waals surface area (Å²) >= 11 is 0. The van der Waals surface area contributed by atoms with Gasteiger partial charge in [0.05, 0.1) is 6.04 Å². The highest BCUT2D eigenvalue weighted by atomic mass is 16.4. The van der Waals surface area contributed by atoms with E-state index in [2.05, 4.69) is 5.32 Å². The van der Waals surface area contributed by atoms with Crippen LogP contribution < -0.4 is 11.1 Å². The molecule has 1 aromatic rings. The van der Waals surface area contributed by atoms with Crippen molar-refractivity contribution < 1.29 is 24.9 Å². The molecule has 0 saturated carbocycles. The second-order valence-electron chi connectivity index (χ2n) is 4.42. The minimum absolute atomic E-state index is 0.0125. The molecule has 0 aliphatic carbocycles. The quantitative estimate of drug-likeness (QED) is 0.352. The van der Waals surface area contributed by atoms with E-state index in [9.17, 15) is 14.7 Å². The van der Waals surface area contributed by atoms with E-state index in [0.29, 0.717) is 12.0 Å². The molecule has 0 radical (unpaired) electrons. The number of nitrogens with two attached hydrogens (primary N) is 1. The largest absolute Gasteiger partial charge is 0.504 e. The van der Waals surface area contributed by atoms with E-state index in [-0.39, 0.29) is 36.8 Å². The highest BCUT2D eigenvalue weighted by Gasteiger charge is 2.14. The number of benzene rings is 1. The second-order valence-corrected chi connectivity index (χ2v) is 4.42. The smallest absolute Gasteiger partial charge is 0.303 e. The van der Waals surface area contributed by atoms with Gasteiger partial charge < -0.3 is 26.4 Å². The summed E-state index contributed by atoms with van der Waals surface area (Å²) in [5.41, 5.74) is 6.33. The summed E-state index contributed by atoms with van der Waals surface area (Å²) in [5, 5.41) is 29.5. The zero-order valence-corrected chi connectivity index (χ0v) is 10.9. The lowest BCUT2D eigenvalue weighted by atomic mass is 10.1. The van der Waals surface area contributed by atoms with E-state index >= 15 is 0 Å². The SMILES string of the molecule is N[C@@H](Cc1ccc(O)c(O)c1)C(=O)NCCCC(=O)O. The molecule has 0 aliphatic rings. The summed E-state index contributed by atoms with van der Waals surface area (Å²) in [4.78, 5) is 21.9. The molecule has 1 amide bonds. The highest BCUT2D eigenvalue weighted by molar-refractivity contribution is 5.81. The van der Waals surface area contributed by atoms with E-state index < -0.39 is 12.0 Å². The molecular formula is C13H18N2O5. The third kappa shape index (κ3) is 5.15. The zero-order chi connectivity index (χ0) is 15.1. The average Bonchev–Trinajstić information content (AvgIpc) is 2.38. The third-order valence-corrected chi connectivity index (χ3v) is 2.70. The molecule has 0 heterocycles. The number of carbonyl (C=O) groups is 2. The van der Waals surface area contributed by atoms with Crippen LogP contribution in [0, 0.1) is 0 Å². The van der Waals surface area contributed by atoms with Crippen molar-refractivity contribution in [3.05, 3.63) is 23.8 Å². The predicted molar refractivity (Wildman–Crippen MR) is 71.3 cm³/mol. The van der Waals surface area contributed by atoms with E-state index in [1.165, 1.54) is 12.1 Å². The van der Waals surface area contributed by atoms with Gasteiger partial charge in [-0.2, -0.15) is 0 Å². The van der Waals surface area contributed by atoms with Crippen molar-refractivity contribution in [2.75, 3.05) is 6.54 Å². The highest BCUT2D eigenvalue weighted by Crippen LogP contribution is 2.25. The van der Waals surface area contributed by atoms with Crippen molar-refractivity contribution in [1.29, 1.82) is 0 Å². The summed E-state index contributed by atoms with van der Waals surface area (Å²) in [6.45, 7) is 0.250. The fourth-order valence-electron chi connectivity index (χ4n) is 1.62. The monoisotopic (exact) mass is 282 g/mol. The minimum atomic E-state index is -0.914. The standard InChI is InChI=1S/C13H18N2O5/c14-9(13(20)15-5-1-2-12(18)19)6-8-3-4-10(16)11(17)7-8/h3-4,7,9,16-17H,1-2,5-6,14H2,(H,15,20)(H,18,19)/t9-/m0/s1. The zero-order valence-electron chi connectivity index (χ0n) is 10.9. The molecule has 110 valence electrons. The number of carboxylic acid groups (broad SMARTS) is 1. The van der Waals surface area contributed by atoms with E-state index in [4.69, 9.17) is 15.9 Å². The number of carbonyl (C=O) groups excluding carboxylic acids is 1. The van der Waals surface area contributed by atoms with Crippen LogP contribution in [-0.2, 0) is 16.0 Å². The summed E-state index contributed by atoms with van der Waals surface area (Å²) in [7, 11) is 0. The molecule has 0 bridgehead atoms. The van der Waals surface area contributed by atoms with Gasteiger partial charge in [0, 0.05) is 13.0 Å². The summed E-state index contributed by atoms with van der Waals surface area (Å²) < 4.78 is 0. The number of aliphatic carboxylic acids is 1. The number of phenolic OH excluding ortho intramolecular Hbond substituents is 2. The molecule has 0 unspecified atom stereocenters. The predicted octanol–water partition coefficient (Wildman–Crippen LogP) is -0.0514. The van der Waals surface area contributed by atoms with Gasteiger partial charge in [-0.15, -0.1) is 0 Å². The van der Waals surface area contributed by atoms with Crippen LogP contribution in [0.3, 0.4) is 0 Å². The van der Waals surface area contributed by atoms with Gasteiger partial charge in [-0.3, -0.25) is 9.59 Å². The number of aromatic hydroxyl groups is 2. The Labute approximate surface area is 116 Å². The lowest BCUT2D eigenvalue weighted by Gasteiger charge is -2.12. The molecule has 1 rings (SSSR count). The molecular weight excluding hydrogens is 264 g/mol. The Bertz CT molecular complexity index is 490. The minimum Gasteiger partial charge on any atom is -0.504 e. The Kier molecular flexibility index (Phi) is 5.79. The maximum absolute atomic E-state index is 11.6. The Morgan fingerprint density at radius 3 is 2.55 bits per heavy atom. The fraction of sp³-hybridized carbons (Fsp3) is 0.385. The van der Waals surface area contributed by atoms with Crippen LogP contribution >= 0.6 is 0 Å². The van der Waals surface area contributed by atoms with Crippen LogP contribution in [0.4, 0.5) is 0 Å². The van der Waals surface area contributed by atoms with Crippen molar-refractivity contribution in [3.8, 4) is 11.5 Å². The number of nitrogens with one attached hydrogen (secondary N) is 1. The first-order valence-electron chi connectivity index (χ1n) is 6.16. The fourth-order valence-corrected chi connectivity index (χ4v) is 1.62. The molecule has 6 N–H and O–H groups in total. The summed E-state index contributed by atoms with van der Waals surface area (Å²) in [6, 6.07) is 3.42. The number of amides is 1. The van der Waals surface area contributed by atoms with Crippen LogP contribution in [0.2, 0.25) is 0 Å². The average molecular weight is 282 g/mol. The number of phenols is 2. The van der Waals surface area contributed by atoms with E-state index in [1.54, 1.807) is 6.07 Å². The van der Waals surface area contributed by atoms with Crippen molar-refractivity contribution >= 4 is 11.9 Å². The lowest BCUT2D eigenvalue weighted by Crippen LogP contribution is -2.42. The molecule has 0 fully saturated rings. The van der Waals surface area contributed by atoms with Gasteiger partial charge >= 0.3 is 5.97 Å². The van der Waals surface area contributed by atoms with Crippen LogP contribution in [-0.4, -0.2) is 39.8 Å². The molecule has 0 aromatic heterocycles. The van der Waals surface area contributed by atoms with Crippen molar-refractivity contribution in [2.24, 2.45) is 5.73 Å². The Morgan fingerprint density at radius 2 is 1.95 bits per heavy atom. The van der Waals surface area contributed by atoms with Crippen molar-refractivity contribution in [3.63, 3.8) is 0 Å². The molecule has 1 atom stereocenters. The van der Waals surface area contributed by atoms with Crippen LogP contribution in [0.25, 0.3) is 0 Å². The van der Waals surface area contributed by atoms with E-state index in [0.717, 1.165) is 0 Å². The van der Waals surface area contributed by atoms with Crippen LogP contribution in [0.5, 0.6) is 11.5 Å². The van der Waals surface area contributed by atoms with Crippen LogP contribution in [0.1, 0.15) is 18.4 Å². The maximum atomic E-state index is 11.6. The van der Waals surface area contributed by atoms with Crippen LogP contribution in [0.15, 0.2) is 18.2 Å². The van der Waals surface area contributed by atoms with Gasteiger partial charge in [0.25, 0.3) is 0 Å². The normalized spacial score (nSPS) is 11.8. The second kappa shape index (κ2) is 7.34. The van der Waals surface area contributed by atoms with Gasteiger partial charge in [-0.25, -0.2) is 0 Å². The molecule has 20 heavy (non-hydrogen) atoms. The molecule has 0 saturated heterocycles. The van der Waals surface area contributed by atoms with Gasteiger partial charge in [0.1, 0.15) is 0 Å². The molecule has 0 aliphatic heterocycles. The van der Waals surface area contributed by atoms with E-state index in [1.807, 2.05) is 0 Å². The summed E-state index contributed by atoms with van der Waals surface area (Å²) in [5.74, 6) is -1.80. The Balaban J connectivity index is 2.41. The first-order chi connectivity index (χ1) is 9.40. The molecule has 0 spiro atoms. The number of hydrogen-bond donors (Lipinski definition) is 5. The number of rotatable bonds is 7. The number of hydrogen-bond acceptors (Lipinski definition) is 5. The third-order valence-electron chi connectivity index (χ3n) is 2.70. The van der Waals surface area contributed by atoms with Crippen molar-refractivity contribution in [2.45, 2.75) is 25.3 Å². The lowest BCUT2D eigenvalue weighted by molar-refractivity contribution is -0.137. The van der Waals surface area contributed by atoms with Gasteiger partial charge in [-0.1, -0.05) is 6.07 Å². The topological polar surface area (TPSA) is 133 Å². The summed E-state index contributed by atoms with van der Waals surface area (Å²) in [6.07, 6.45) is 0.535. The molecule has 7 nitrogen and oxygen atoms in total. The first kappa shape index (κ1) is 15.8. The van der Waals surface area contributed by atoms with Gasteiger partial charge in [-0.05, 0) is 30.5 Å². The van der Waals surface area contributed by atoms with Gasteiger partial charge in [0.2, 0.25) is 5.91 Å². The maximum Gasteiger partial charge on any atom is 0.303 e. The van der Waals surface area contributed by atoms with Crippen molar-refractivity contribution in [1.82, 2.24) is 5.32 Å². The molecule has 1 aromatic carbocycles. The Hall–Kier alpha value is -2.28. The van der Waals surface area contributed by atoms with Gasteiger partial charge in [0.15, 0.2) is 11.5 Å².